The Bertz CT molecular complexity index is 829. The summed E-state index contributed by atoms with van der Waals surface area (Å²) < 4.78 is 5.05. The third-order valence-corrected chi connectivity index (χ3v) is 3.85. The highest BCUT2D eigenvalue weighted by molar-refractivity contribution is 5.90. The van der Waals surface area contributed by atoms with Crippen molar-refractivity contribution in [3.8, 4) is 0 Å². The largest absolute Gasteiger partial charge is 0.481 e. The number of rotatable bonds is 11. The van der Waals surface area contributed by atoms with E-state index in [0.717, 1.165) is 16.9 Å². The van der Waals surface area contributed by atoms with Gasteiger partial charge in [-0.15, -0.1) is 22.6 Å². The fraction of sp³-hybridized carbons (Fsp3) is 0.444. The Morgan fingerprint density at radius 2 is 1.93 bits per heavy atom. The van der Waals surface area contributed by atoms with Gasteiger partial charge in [0.2, 0.25) is 0 Å². The van der Waals surface area contributed by atoms with Crippen molar-refractivity contribution < 1.29 is 24.2 Å². The maximum Gasteiger partial charge on any atom is 0.408 e. The molecular formula is C18H25ClN6O5. The van der Waals surface area contributed by atoms with E-state index in [9.17, 15) is 14.4 Å². The van der Waals surface area contributed by atoms with Crippen LogP contribution in [0.3, 0.4) is 0 Å². The lowest BCUT2D eigenvalue weighted by Gasteiger charge is -2.15. The second-order valence-electron chi connectivity index (χ2n) is 6.61. The van der Waals surface area contributed by atoms with E-state index in [2.05, 4.69) is 20.7 Å². The zero-order valence-corrected chi connectivity index (χ0v) is 17.5. The van der Waals surface area contributed by atoms with Crippen molar-refractivity contribution in [2.24, 2.45) is 0 Å². The predicted octanol–water partition coefficient (Wildman–Crippen LogP) is 0.538. The lowest BCUT2D eigenvalue weighted by Crippen LogP contribution is -2.44. The minimum Gasteiger partial charge on any atom is -0.481 e. The van der Waals surface area contributed by atoms with Crippen molar-refractivity contribution in [3.05, 3.63) is 41.7 Å². The van der Waals surface area contributed by atoms with E-state index < -0.39 is 30.3 Å². The number of nitrogens with one attached hydrogen (secondary N) is 1. The SMILES string of the molecule is CN(C)CCc1nnn(CC(=O)C(CC(=O)O)NC(=O)OCc2ccccc2)n1.Cl. The molecule has 1 amide bonds. The van der Waals surface area contributed by atoms with Gasteiger partial charge in [-0.2, -0.15) is 4.80 Å². The number of likely N-dealkylation sites (N-methyl/N-ethyl adjacent to an activating group) is 1. The standard InChI is InChI=1S/C18H24N6O5.ClH/c1-23(2)9-8-16-20-22-24(21-16)11-15(25)14(10-17(26)27)19-18(28)29-12-13-6-4-3-5-7-13;/h3-7,14H,8-12H2,1-2H3,(H,19,28)(H,26,27);1H. The average molecular weight is 441 g/mol. The van der Waals surface area contributed by atoms with Gasteiger partial charge < -0.3 is 20.1 Å². The summed E-state index contributed by atoms with van der Waals surface area (Å²) in [5.74, 6) is -1.33. The minimum atomic E-state index is -1.27. The van der Waals surface area contributed by atoms with Gasteiger partial charge >= 0.3 is 12.1 Å². The lowest BCUT2D eigenvalue weighted by atomic mass is 10.1. The molecule has 0 spiro atoms. The van der Waals surface area contributed by atoms with Crippen LogP contribution in [0.2, 0.25) is 0 Å². The van der Waals surface area contributed by atoms with Crippen molar-refractivity contribution in [1.29, 1.82) is 0 Å². The molecule has 0 saturated carbocycles. The molecule has 2 aromatic rings. The van der Waals surface area contributed by atoms with E-state index in [-0.39, 0.29) is 25.6 Å². The van der Waals surface area contributed by atoms with Gasteiger partial charge in [-0.3, -0.25) is 9.59 Å². The first-order valence-corrected chi connectivity index (χ1v) is 8.96. The van der Waals surface area contributed by atoms with Gasteiger partial charge in [0, 0.05) is 13.0 Å². The Labute approximate surface area is 179 Å². The Morgan fingerprint density at radius 3 is 2.57 bits per heavy atom. The van der Waals surface area contributed by atoms with E-state index in [1.807, 2.05) is 25.1 Å². The number of ether oxygens (including phenoxy) is 1. The number of halogens is 1. The van der Waals surface area contributed by atoms with Crippen molar-refractivity contribution in [2.45, 2.75) is 32.0 Å². The molecule has 11 nitrogen and oxygen atoms in total. The molecule has 0 aliphatic heterocycles. The Balaban J connectivity index is 0.00000450. The number of nitrogens with zero attached hydrogens (tertiary/aromatic N) is 5. The maximum absolute atomic E-state index is 12.5. The van der Waals surface area contributed by atoms with E-state index >= 15 is 0 Å². The average Bonchev–Trinajstić information content (AvgIpc) is 3.12. The first kappa shape index (κ1) is 25.0. The summed E-state index contributed by atoms with van der Waals surface area (Å²) in [5, 5.41) is 23.1. The van der Waals surface area contributed by atoms with E-state index in [1.165, 1.54) is 0 Å². The molecule has 1 aromatic carbocycles. The number of hydrogen-bond acceptors (Lipinski definition) is 8. The van der Waals surface area contributed by atoms with Gasteiger partial charge in [0.05, 0.1) is 6.42 Å². The van der Waals surface area contributed by atoms with Crippen LogP contribution in [0.15, 0.2) is 30.3 Å². The fourth-order valence-electron chi connectivity index (χ4n) is 2.34. The highest BCUT2D eigenvalue weighted by atomic mass is 35.5. The number of ketones is 1. The highest BCUT2D eigenvalue weighted by Gasteiger charge is 2.25. The van der Waals surface area contributed by atoms with Gasteiger partial charge in [0.1, 0.15) is 19.2 Å². The van der Waals surface area contributed by atoms with Crippen LogP contribution in [-0.4, -0.2) is 74.7 Å². The maximum atomic E-state index is 12.5. The number of amides is 1. The molecule has 164 valence electrons. The van der Waals surface area contributed by atoms with Gasteiger partial charge in [0.15, 0.2) is 11.6 Å². The molecule has 0 aliphatic carbocycles. The Hall–Kier alpha value is -3.05. The van der Waals surface area contributed by atoms with E-state index in [1.54, 1.807) is 24.3 Å². The molecule has 0 aliphatic rings. The van der Waals surface area contributed by atoms with Crippen LogP contribution < -0.4 is 5.32 Å². The quantitative estimate of drug-likeness (QED) is 0.512. The van der Waals surface area contributed by atoms with Gasteiger partial charge in [-0.25, -0.2) is 4.79 Å². The molecule has 1 atom stereocenters. The van der Waals surface area contributed by atoms with Crippen LogP contribution in [0.5, 0.6) is 0 Å². The van der Waals surface area contributed by atoms with Gasteiger partial charge in [0.25, 0.3) is 0 Å². The number of alkyl carbamates (subject to hydrolysis) is 1. The van der Waals surface area contributed by atoms with Crippen LogP contribution in [0, 0.1) is 0 Å². The number of Topliss-reactive ketones (excluding diaryl/α,β-unsaturated/α-hetero) is 1. The van der Waals surface area contributed by atoms with Crippen molar-refractivity contribution in [2.75, 3.05) is 20.6 Å². The summed E-state index contributed by atoms with van der Waals surface area (Å²) in [6.07, 6.45) is -0.905. The zero-order chi connectivity index (χ0) is 21.2. The minimum absolute atomic E-state index is 0. The second-order valence-corrected chi connectivity index (χ2v) is 6.61. The third-order valence-electron chi connectivity index (χ3n) is 3.85. The summed E-state index contributed by atoms with van der Waals surface area (Å²) in [6, 6.07) is 7.70. The van der Waals surface area contributed by atoms with Crippen molar-refractivity contribution in [1.82, 2.24) is 30.4 Å². The monoisotopic (exact) mass is 440 g/mol. The van der Waals surface area contributed by atoms with Crippen LogP contribution in [0.25, 0.3) is 0 Å². The molecule has 1 aromatic heterocycles. The number of carboxylic acid groups (broad SMARTS) is 1. The van der Waals surface area contributed by atoms with Crippen LogP contribution >= 0.6 is 12.4 Å². The number of aromatic nitrogens is 4. The number of carbonyl (C=O) groups excluding carboxylic acids is 2. The smallest absolute Gasteiger partial charge is 0.408 e. The molecular weight excluding hydrogens is 416 g/mol. The molecule has 2 rings (SSSR count). The van der Waals surface area contributed by atoms with Crippen LogP contribution in [-0.2, 0) is 33.9 Å². The topological polar surface area (TPSA) is 140 Å². The second kappa shape index (κ2) is 12.5. The van der Waals surface area contributed by atoms with E-state index in [4.69, 9.17) is 9.84 Å². The Morgan fingerprint density at radius 1 is 1.23 bits per heavy atom. The first-order valence-electron chi connectivity index (χ1n) is 8.96. The highest BCUT2D eigenvalue weighted by Crippen LogP contribution is 2.03. The van der Waals surface area contributed by atoms with Crippen LogP contribution in [0.1, 0.15) is 17.8 Å². The molecule has 30 heavy (non-hydrogen) atoms. The molecule has 0 fully saturated rings. The lowest BCUT2D eigenvalue weighted by molar-refractivity contribution is -0.139. The summed E-state index contributed by atoms with van der Waals surface area (Å²) >= 11 is 0. The third kappa shape index (κ3) is 8.97. The molecule has 1 heterocycles. The summed E-state index contributed by atoms with van der Waals surface area (Å²) in [4.78, 5) is 38.6. The van der Waals surface area contributed by atoms with Gasteiger partial charge in [-0.1, -0.05) is 30.3 Å². The molecule has 0 saturated heterocycles. The van der Waals surface area contributed by atoms with Crippen LogP contribution in [0.4, 0.5) is 4.79 Å². The summed E-state index contributed by atoms with van der Waals surface area (Å²) in [5.41, 5.74) is 0.765. The van der Waals surface area contributed by atoms with E-state index in [0.29, 0.717) is 12.2 Å². The molecule has 12 heteroatoms. The fourth-order valence-corrected chi connectivity index (χ4v) is 2.34. The number of carbonyl (C=O) groups is 3. The molecule has 1 unspecified atom stereocenters. The van der Waals surface area contributed by atoms with Gasteiger partial charge in [-0.05, 0) is 24.9 Å². The molecule has 0 radical (unpaired) electrons. The Kier molecular flexibility index (Phi) is 10.4. The number of aliphatic carboxylic acids is 1. The zero-order valence-electron chi connectivity index (χ0n) is 16.7. The normalized spacial score (nSPS) is 11.4. The molecule has 2 N–H and O–H groups in total. The summed E-state index contributed by atoms with van der Waals surface area (Å²) in [6.45, 7) is 0.405. The number of benzene rings is 1. The predicted molar refractivity (Wildman–Crippen MR) is 108 cm³/mol. The first-order chi connectivity index (χ1) is 13.8. The van der Waals surface area contributed by atoms with Crippen molar-refractivity contribution >= 4 is 30.3 Å². The molecule has 0 bridgehead atoms. The summed E-state index contributed by atoms with van der Waals surface area (Å²) in [7, 11) is 3.82. The number of carboxylic acids is 1. The number of tetrazole rings is 1. The number of hydrogen-bond donors (Lipinski definition) is 2. The van der Waals surface area contributed by atoms with Crippen molar-refractivity contribution in [3.63, 3.8) is 0 Å².